The van der Waals surface area contributed by atoms with Crippen LogP contribution >= 0.6 is 11.6 Å². The number of hydrogen-bond acceptors (Lipinski definition) is 5. The lowest BCUT2D eigenvalue weighted by Gasteiger charge is -2.03. The van der Waals surface area contributed by atoms with E-state index in [4.69, 9.17) is 25.5 Å². The number of aliphatic imine (C=N–C) groups is 1. The van der Waals surface area contributed by atoms with Gasteiger partial charge in [-0.1, -0.05) is 78.3 Å². The summed E-state index contributed by atoms with van der Waals surface area (Å²) in [4.78, 5) is 15.6. The fraction of sp³-hybridized carbons (Fsp3) is 0. The normalized spacial score (nSPS) is 11.0. The van der Waals surface area contributed by atoms with Gasteiger partial charge in [-0.2, -0.15) is 5.26 Å². The van der Waals surface area contributed by atoms with Crippen LogP contribution in [0.1, 0.15) is 21.7 Å². The van der Waals surface area contributed by atoms with Gasteiger partial charge in [0.2, 0.25) is 5.88 Å². The van der Waals surface area contributed by atoms with E-state index in [2.05, 4.69) is 11.1 Å². The zero-order valence-corrected chi connectivity index (χ0v) is 19.4. The highest BCUT2D eigenvalue weighted by Gasteiger charge is 2.22. The van der Waals surface area contributed by atoms with Crippen LogP contribution in [-0.4, -0.2) is 17.3 Å². The first-order chi connectivity index (χ1) is 17.5. The standard InChI is InChI=1S/C29H17ClN2O4/c30-24-15-20(11-13-22(24)29(33)34)25-14-12-21(35-25)17-32-28-23(16-31)26(18-7-3-1-4-8-18)27(36-28)19-9-5-2-6-10-19/h1-15,17H,(H,33,34). The summed E-state index contributed by atoms with van der Waals surface area (Å²) in [6.45, 7) is 0. The molecule has 174 valence electrons. The van der Waals surface area contributed by atoms with Crippen molar-refractivity contribution in [3.63, 3.8) is 0 Å². The van der Waals surface area contributed by atoms with Gasteiger partial charge in [-0.25, -0.2) is 9.79 Å². The van der Waals surface area contributed by atoms with Gasteiger partial charge < -0.3 is 13.9 Å². The summed E-state index contributed by atoms with van der Waals surface area (Å²) in [6, 6.07) is 29.4. The van der Waals surface area contributed by atoms with Crippen molar-refractivity contribution in [3.05, 3.63) is 113 Å². The van der Waals surface area contributed by atoms with E-state index in [0.29, 0.717) is 34.0 Å². The number of aromatic carboxylic acids is 1. The summed E-state index contributed by atoms with van der Waals surface area (Å²) in [5.41, 5.74) is 3.30. The molecule has 0 aliphatic carbocycles. The van der Waals surface area contributed by atoms with Crippen molar-refractivity contribution < 1.29 is 18.7 Å². The molecule has 0 aliphatic rings. The molecule has 0 amide bonds. The van der Waals surface area contributed by atoms with Crippen LogP contribution in [0.3, 0.4) is 0 Å². The van der Waals surface area contributed by atoms with Crippen molar-refractivity contribution in [2.24, 2.45) is 4.99 Å². The minimum absolute atomic E-state index is 0.0130. The Morgan fingerprint density at radius 2 is 1.58 bits per heavy atom. The van der Waals surface area contributed by atoms with Crippen LogP contribution < -0.4 is 0 Å². The molecule has 0 saturated carbocycles. The number of carboxylic acid groups (broad SMARTS) is 1. The quantitative estimate of drug-likeness (QED) is 0.243. The summed E-state index contributed by atoms with van der Waals surface area (Å²) in [5, 5.41) is 19.3. The van der Waals surface area contributed by atoms with E-state index in [1.165, 1.54) is 18.3 Å². The van der Waals surface area contributed by atoms with Gasteiger partial charge in [-0.3, -0.25) is 0 Å². The number of halogens is 1. The minimum Gasteiger partial charge on any atom is -0.478 e. The molecule has 5 aromatic rings. The Morgan fingerprint density at radius 3 is 2.22 bits per heavy atom. The van der Waals surface area contributed by atoms with E-state index in [9.17, 15) is 10.1 Å². The van der Waals surface area contributed by atoms with E-state index in [1.54, 1.807) is 18.2 Å². The van der Waals surface area contributed by atoms with Crippen LogP contribution in [0.25, 0.3) is 33.8 Å². The molecular formula is C29H17ClN2O4. The number of carboxylic acids is 1. The van der Waals surface area contributed by atoms with Crippen LogP contribution in [0.15, 0.2) is 105 Å². The minimum atomic E-state index is -1.10. The largest absolute Gasteiger partial charge is 0.478 e. The third kappa shape index (κ3) is 4.43. The smallest absolute Gasteiger partial charge is 0.337 e. The molecule has 0 radical (unpaired) electrons. The lowest BCUT2D eigenvalue weighted by Crippen LogP contribution is -1.96. The summed E-state index contributed by atoms with van der Waals surface area (Å²) in [7, 11) is 0. The fourth-order valence-electron chi connectivity index (χ4n) is 3.83. The Morgan fingerprint density at radius 1 is 0.889 bits per heavy atom. The zero-order chi connectivity index (χ0) is 25.1. The maximum atomic E-state index is 11.2. The van der Waals surface area contributed by atoms with Gasteiger partial charge in [0.1, 0.15) is 28.9 Å². The molecule has 0 unspecified atom stereocenters. The first-order valence-corrected chi connectivity index (χ1v) is 11.3. The van der Waals surface area contributed by atoms with Gasteiger partial charge in [-0.05, 0) is 29.8 Å². The average Bonchev–Trinajstić information content (AvgIpc) is 3.53. The van der Waals surface area contributed by atoms with E-state index >= 15 is 0 Å². The number of nitrogens with zero attached hydrogens (tertiary/aromatic N) is 2. The Kier molecular flexibility index (Phi) is 6.23. The fourth-order valence-corrected chi connectivity index (χ4v) is 4.09. The van der Waals surface area contributed by atoms with Gasteiger partial charge in [-0.15, -0.1) is 0 Å². The monoisotopic (exact) mass is 492 g/mol. The third-order valence-electron chi connectivity index (χ3n) is 5.52. The van der Waals surface area contributed by atoms with Gasteiger partial charge in [0, 0.05) is 16.7 Å². The molecule has 7 heteroatoms. The second kappa shape index (κ2) is 9.79. The highest BCUT2D eigenvalue weighted by Crippen LogP contribution is 2.42. The topological polar surface area (TPSA) is 99.7 Å². The molecule has 0 saturated heterocycles. The molecule has 0 bridgehead atoms. The number of furan rings is 2. The lowest BCUT2D eigenvalue weighted by molar-refractivity contribution is 0.0697. The lowest BCUT2D eigenvalue weighted by atomic mass is 9.98. The molecule has 0 atom stereocenters. The molecule has 2 heterocycles. The third-order valence-corrected chi connectivity index (χ3v) is 5.83. The van der Waals surface area contributed by atoms with Crippen molar-refractivity contribution in [1.82, 2.24) is 0 Å². The predicted molar refractivity (Wildman–Crippen MR) is 138 cm³/mol. The Hall–Kier alpha value is -4.86. The maximum Gasteiger partial charge on any atom is 0.337 e. The molecule has 3 aromatic carbocycles. The van der Waals surface area contributed by atoms with E-state index in [-0.39, 0.29) is 16.5 Å². The molecule has 0 aliphatic heterocycles. The molecule has 0 fully saturated rings. The van der Waals surface area contributed by atoms with Crippen molar-refractivity contribution in [1.29, 1.82) is 5.26 Å². The van der Waals surface area contributed by atoms with E-state index in [0.717, 1.165) is 11.1 Å². The van der Waals surface area contributed by atoms with Crippen molar-refractivity contribution in [3.8, 4) is 39.8 Å². The van der Waals surface area contributed by atoms with Crippen LogP contribution in [-0.2, 0) is 0 Å². The molecule has 6 nitrogen and oxygen atoms in total. The van der Waals surface area contributed by atoms with Gasteiger partial charge >= 0.3 is 5.97 Å². The number of hydrogen-bond donors (Lipinski definition) is 1. The zero-order valence-electron chi connectivity index (χ0n) is 18.7. The highest BCUT2D eigenvalue weighted by molar-refractivity contribution is 6.33. The number of rotatable bonds is 6. The predicted octanol–water partition coefficient (Wildman–Crippen LogP) is 7.85. The summed E-state index contributed by atoms with van der Waals surface area (Å²) >= 11 is 6.08. The van der Waals surface area contributed by atoms with Crippen molar-refractivity contribution in [2.75, 3.05) is 0 Å². The SMILES string of the molecule is N#Cc1c(N=Cc2ccc(-c3ccc(C(=O)O)c(Cl)c3)o2)oc(-c2ccccc2)c1-c1ccccc1. The first kappa shape index (κ1) is 22.9. The van der Waals surface area contributed by atoms with Crippen molar-refractivity contribution in [2.45, 2.75) is 0 Å². The van der Waals surface area contributed by atoms with Crippen LogP contribution in [0, 0.1) is 11.3 Å². The van der Waals surface area contributed by atoms with E-state index in [1.807, 2.05) is 60.7 Å². The van der Waals surface area contributed by atoms with Crippen LogP contribution in [0.2, 0.25) is 5.02 Å². The summed E-state index contributed by atoms with van der Waals surface area (Å²) in [5.74, 6) is 0.535. The average molecular weight is 493 g/mol. The number of carbonyl (C=O) groups is 1. The first-order valence-electron chi connectivity index (χ1n) is 10.9. The van der Waals surface area contributed by atoms with Crippen molar-refractivity contribution >= 4 is 29.7 Å². The van der Waals surface area contributed by atoms with Gasteiger partial charge in [0.05, 0.1) is 16.8 Å². The molecule has 5 rings (SSSR count). The second-order valence-electron chi connectivity index (χ2n) is 7.79. The molecule has 36 heavy (non-hydrogen) atoms. The number of nitriles is 1. The number of benzene rings is 3. The van der Waals surface area contributed by atoms with Gasteiger partial charge in [0.15, 0.2) is 0 Å². The van der Waals surface area contributed by atoms with Gasteiger partial charge in [0.25, 0.3) is 0 Å². The summed E-state index contributed by atoms with van der Waals surface area (Å²) in [6.07, 6.45) is 1.47. The molecule has 0 spiro atoms. The highest BCUT2D eigenvalue weighted by atomic mass is 35.5. The van der Waals surface area contributed by atoms with Crippen LogP contribution in [0.4, 0.5) is 5.88 Å². The molecule has 1 N–H and O–H groups in total. The molecular weight excluding hydrogens is 476 g/mol. The van der Waals surface area contributed by atoms with E-state index < -0.39 is 5.97 Å². The Labute approximate surface area is 211 Å². The second-order valence-corrected chi connectivity index (χ2v) is 8.20. The Bertz CT molecular complexity index is 1630. The summed E-state index contributed by atoms with van der Waals surface area (Å²) < 4.78 is 12.0. The molecule has 2 aromatic heterocycles. The maximum absolute atomic E-state index is 11.2. The Balaban J connectivity index is 1.52. The van der Waals surface area contributed by atoms with Crippen LogP contribution in [0.5, 0.6) is 0 Å².